The Bertz CT molecular complexity index is 1120. The predicted molar refractivity (Wildman–Crippen MR) is 103 cm³/mol. The normalized spacial score (nSPS) is 12.7. The molecule has 138 valence electrons. The van der Waals surface area contributed by atoms with Crippen LogP contribution in [0.4, 0.5) is 5.69 Å². The first-order chi connectivity index (χ1) is 13.8. The first-order valence-electron chi connectivity index (χ1n) is 8.57. The molecule has 0 atom stereocenters. The molecule has 0 bridgehead atoms. The zero-order chi connectivity index (χ0) is 18.9. The summed E-state index contributed by atoms with van der Waals surface area (Å²) in [7, 11) is 0. The molecule has 1 aliphatic rings. The largest absolute Gasteiger partial charge is 0.325 e. The van der Waals surface area contributed by atoms with Crippen molar-refractivity contribution < 1.29 is 4.79 Å². The second-order valence-corrected chi connectivity index (χ2v) is 7.13. The second kappa shape index (κ2) is 6.89. The summed E-state index contributed by atoms with van der Waals surface area (Å²) in [5.41, 5.74) is 2.59. The van der Waals surface area contributed by atoms with Gasteiger partial charge in [0.15, 0.2) is 16.7 Å². The molecule has 4 aromatic rings. The number of imidazole rings is 1. The van der Waals surface area contributed by atoms with Crippen LogP contribution in [0.3, 0.4) is 0 Å². The number of hydrogen-bond donors (Lipinski definition) is 1. The summed E-state index contributed by atoms with van der Waals surface area (Å²) in [6.45, 7) is 0.954. The number of nitrogens with zero attached hydrogens (tertiary/aromatic N) is 7. The van der Waals surface area contributed by atoms with Crippen LogP contribution >= 0.6 is 11.8 Å². The quantitative estimate of drug-likeness (QED) is 0.570. The number of aryl methyl sites for hydroxylation is 1. The van der Waals surface area contributed by atoms with Gasteiger partial charge in [0.25, 0.3) is 5.91 Å². The lowest BCUT2D eigenvalue weighted by molar-refractivity contribution is 0.102. The number of benzene rings is 1. The minimum absolute atomic E-state index is 0.210. The molecule has 10 heteroatoms. The number of thioether (sulfide) groups is 1. The van der Waals surface area contributed by atoms with Crippen LogP contribution in [0.2, 0.25) is 0 Å². The number of rotatable bonds is 4. The molecule has 28 heavy (non-hydrogen) atoms. The van der Waals surface area contributed by atoms with Crippen molar-refractivity contribution in [3.63, 3.8) is 0 Å². The Balaban J connectivity index is 1.39. The topological polar surface area (TPSA) is 103 Å². The van der Waals surface area contributed by atoms with Gasteiger partial charge in [-0.2, -0.15) is 5.10 Å². The molecule has 0 spiro atoms. The standard InChI is InChI=1S/C18H14N8OS/c27-17(14-5-6-16(24-23-14)26-11-19-10-20-26)21-13-4-2-1-3-12(13)15-9-25-7-8-28-18(25)22-15/h1-6,9-11H,7-8H2,(H,21,27). The lowest BCUT2D eigenvalue weighted by atomic mass is 10.1. The van der Waals surface area contributed by atoms with E-state index < -0.39 is 0 Å². The number of carbonyl (C=O) groups excluding carboxylic acids is 1. The second-order valence-electron chi connectivity index (χ2n) is 6.07. The third-order valence-corrected chi connectivity index (χ3v) is 5.26. The SMILES string of the molecule is O=C(Nc1ccccc1-c1cn2c(n1)SCC2)c1ccc(-n2cncn2)nn1. The zero-order valence-electron chi connectivity index (χ0n) is 14.6. The van der Waals surface area contributed by atoms with Gasteiger partial charge in [0.1, 0.15) is 12.7 Å². The van der Waals surface area contributed by atoms with Crippen LogP contribution in [0.15, 0.2) is 60.4 Å². The molecule has 4 heterocycles. The smallest absolute Gasteiger partial charge is 0.276 e. The van der Waals surface area contributed by atoms with Crippen molar-refractivity contribution in [2.75, 3.05) is 11.1 Å². The van der Waals surface area contributed by atoms with Crippen molar-refractivity contribution in [3.05, 3.63) is 60.9 Å². The van der Waals surface area contributed by atoms with E-state index in [2.05, 4.69) is 35.1 Å². The molecular formula is C18H14N8OS. The van der Waals surface area contributed by atoms with Gasteiger partial charge in [-0.15, -0.1) is 10.2 Å². The molecule has 1 aromatic carbocycles. The van der Waals surface area contributed by atoms with Gasteiger partial charge in [0.2, 0.25) is 0 Å². The van der Waals surface area contributed by atoms with Crippen LogP contribution in [-0.2, 0) is 6.54 Å². The summed E-state index contributed by atoms with van der Waals surface area (Å²) in [5.74, 6) is 1.19. The van der Waals surface area contributed by atoms with E-state index in [0.717, 1.165) is 28.7 Å². The van der Waals surface area contributed by atoms with Crippen molar-refractivity contribution in [2.45, 2.75) is 11.7 Å². The van der Waals surface area contributed by atoms with Crippen LogP contribution < -0.4 is 5.32 Å². The Hall–Kier alpha value is -3.53. The molecule has 0 unspecified atom stereocenters. The molecule has 0 aliphatic carbocycles. The van der Waals surface area contributed by atoms with Crippen molar-refractivity contribution in [1.29, 1.82) is 0 Å². The van der Waals surface area contributed by atoms with Gasteiger partial charge >= 0.3 is 0 Å². The number of nitrogens with one attached hydrogen (secondary N) is 1. The number of para-hydroxylation sites is 1. The van der Waals surface area contributed by atoms with Crippen LogP contribution in [0.5, 0.6) is 0 Å². The highest BCUT2D eigenvalue weighted by Gasteiger charge is 2.18. The average Bonchev–Trinajstić information content (AvgIpc) is 3.46. The Kier molecular flexibility index (Phi) is 4.09. The van der Waals surface area contributed by atoms with E-state index in [1.807, 2.05) is 30.5 Å². The lowest BCUT2D eigenvalue weighted by Gasteiger charge is -2.09. The minimum Gasteiger partial charge on any atom is -0.325 e. The van der Waals surface area contributed by atoms with E-state index in [-0.39, 0.29) is 11.6 Å². The number of amides is 1. The highest BCUT2D eigenvalue weighted by Crippen LogP contribution is 2.32. The molecule has 1 N–H and O–H groups in total. The number of carbonyl (C=O) groups is 1. The molecule has 0 saturated heterocycles. The van der Waals surface area contributed by atoms with E-state index >= 15 is 0 Å². The fraction of sp³-hybridized carbons (Fsp3) is 0.111. The van der Waals surface area contributed by atoms with E-state index in [1.54, 1.807) is 23.9 Å². The highest BCUT2D eigenvalue weighted by atomic mass is 32.2. The fourth-order valence-corrected chi connectivity index (χ4v) is 3.88. The van der Waals surface area contributed by atoms with E-state index in [0.29, 0.717) is 11.5 Å². The maximum atomic E-state index is 12.7. The van der Waals surface area contributed by atoms with Gasteiger partial charge in [-0.1, -0.05) is 30.0 Å². The summed E-state index contributed by atoms with van der Waals surface area (Å²) in [6.07, 6.45) is 4.94. The summed E-state index contributed by atoms with van der Waals surface area (Å²) >= 11 is 1.73. The number of hydrogen-bond acceptors (Lipinski definition) is 7. The molecule has 1 aliphatic heterocycles. The van der Waals surface area contributed by atoms with Crippen LogP contribution in [-0.4, -0.2) is 46.2 Å². The van der Waals surface area contributed by atoms with Crippen LogP contribution in [0.1, 0.15) is 10.5 Å². The van der Waals surface area contributed by atoms with E-state index in [9.17, 15) is 4.79 Å². The van der Waals surface area contributed by atoms with Gasteiger partial charge in [0.05, 0.1) is 11.4 Å². The monoisotopic (exact) mass is 390 g/mol. The number of fused-ring (bicyclic) bond motifs is 1. The summed E-state index contributed by atoms with van der Waals surface area (Å²) in [6, 6.07) is 10.9. The minimum atomic E-state index is -0.341. The van der Waals surface area contributed by atoms with Crippen molar-refractivity contribution in [3.8, 4) is 17.1 Å². The molecule has 3 aromatic heterocycles. The fourth-order valence-electron chi connectivity index (χ4n) is 2.94. The molecule has 0 saturated carbocycles. The number of anilines is 1. The maximum Gasteiger partial charge on any atom is 0.276 e. The first kappa shape index (κ1) is 16.6. The average molecular weight is 390 g/mol. The lowest BCUT2D eigenvalue weighted by Crippen LogP contribution is -2.15. The van der Waals surface area contributed by atoms with Gasteiger partial charge in [-0.3, -0.25) is 4.79 Å². The molecule has 1 amide bonds. The number of aromatic nitrogens is 7. The molecule has 0 fully saturated rings. The third-order valence-electron chi connectivity index (χ3n) is 4.29. The van der Waals surface area contributed by atoms with Gasteiger partial charge in [0, 0.05) is 24.1 Å². The third kappa shape index (κ3) is 3.03. The Labute approximate surface area is 163 Å². The maximum absolute atomic E-state index is 12.7. The van der Waals surface area contributed by atoms with Crippen LogP contribution in [0, 0.1) is 0 Å². The van der Waals surface area contributed by atoms with Crippen LogP contribution in [0.25, 0.3) is 17.1 Å². The summed E-state index contributed by atoms with van der Waals surface area (Å²) < 4.78 is 3.60. The first-order valence-corrected chi connectivity index (χ1v) is 9.56. The molecule has 5 rings (SSSR count). The van der Waals surface area contributed by atoms with Crippen molar-refractivity contribution >= 4 is 23.4 Å². The van der Waals surface area contributed by atoms with E-state index in [1.165, 1.54) is 17.3 Å². The molecule has 0 radical (unpaired) electrons. The predicted octanol–water partition coefficient (Wildman–Crippen LogP) is 2.28. The zero-order valence-corrected chi connectivity index (χ0v) is 15.4. The van der Waals surface area contributed by atoms with E-state index in [4.69, 9.17) is 0 Å². The van der Waals surface area contributed by atoms with Gasteiger partial charge < -0.3 is 9.88 Å². The summed E-state index contributed by atoms with van der Waals surface area (Å²) in [5, 5.41) is 15.9. The molecule has 9 nitrogen and oxygen atoms in total. The van der Waals surface area contributed by atoms with Gasteiger partial charge in [-0.25, -0.2) is 14.6 Å². The Morgan fingerprint density at radius 3 is 2.86 bits per heavy atom. The Morgan fingerprint density at radius 1 is 1.14 bits per heavy atom. The highest BCUT2D eigenvalue weighted by molar-refractivity contribution is 7.99. The van der Waals surface area contributed by atoms with Gasteiger partial charge in [-0.05, 0) is 18.2 Å². The van der Waals surface area contributed by atoms with Crippen molar-refractivity contribution in [2.24, 2.45) is 0 Å². The van der Waals surface area contributed by atoms with Crippen molar-refractivity contribution in [1.82, 2.24) is 34.5 Å². The summed E-state index contributed by atoms with van der Waals surface area (Å²) in [4.78, 5) is 21.2. The Morgan fingerprint density at radius 2 is 2.07 bits per heavy atom. The molecular weight excluding hydrogens is 376 g/mol.